The summed E-state index contributed by atoms with van der Waals surface area (Å²) in [6.45, 7) is 25.4. The van der Waals surface area contributed by atoms with Crippen LogP contribution in [0.1, 0.15) is 197 Å². The number of ether oxygens (including phenoxy) is 5. The van der Waals surface area contributed by atoms with Gasteiger partial charge in [-0.2, -0.15) is 0 Å². The summed E-state index contributed by atoms with van der Waals surface area (Å²) in [5.74, 6) is 1.87. The van der Waals surface area contributed by atoms with E-state index in [0.717, 1.165) is 82.9 Å². The highest BCUT2D eigenvalue weighted by Crippen LogP contribution is 2.23. The number of piperazine rings is 1. The smallest absolute Gasteiger partial charge is 0.306 e. The molecule has 0 amide bonds. The summed E-state index contributed by atoms with van der Waals surface area (Å²) in [5, 5.41) is 43.7. The first-order valence-electron chi connectivity index (χ1n) is 30.9. The fourth-order valence-electron chi connectivity index (χ4n) is 9.11. The van der Waals surface area contributed by atoms with Crippen molar-refractivity contribution in [3.63, 3.8) is 0 Å². The van der Waals surface area contributed by atoms with Crippen LogP contribution in [0.15, 0.2) is 0 Å². The molecule has 1 saturated heterocycles. The zero-order valence-corrected chi connectivity index (χ0v) is 52.8. The number of aliphatic hydroxyl groups excluding tert-OH is 4. The second-order valence-corrected chi connectivity index (χ2v) is 26.1. The Balaban J connectivity index is 2.42. The molecule has 1 heterocycles. The summed E-state index contributed by atoms with van der Waals surface area (Å²) < 4.78 is 26.7. The van der Waals surface area contributed by atoms with E-state index >= 15 is 0 Å². The number of hydrogen-bond acceptors (Lipinski definition) is 20. The number of carbonyl (C=O) groups is 5. The molecule has 0 spiro atoms. The molecule has 0 radical (unpaired) electrons. The van der Waals surface area contributed by atoms with E-state index in [1.807, 2.05) is 54.2 Å². The number of aliphatic hydroxyl groups is 4. The van der Waals surface area contributed by atoms with Crippen molar-refractivity contribution in [3.05, 3.63) is 0 Å². The maximum Gasteiger partial charge on any atom is 0.306 e. The first-order chi connectivity index (χ1) is 38.2. The van der Waals surface area contributed by atoms with Crippen molar-refractivity contribution in [2.24, 2.45) is 11.8 Å². The van der Waals surface area contributed by atoms with E-state index in [1.165, 1.54) is 0 Å². The lowest BCUT2D eigenvalue weighted by Crippen LogP contribution is -2.47. The van der Waals surface area contributed by atoms with Gasteiger partial charge in [-0.15, -0.1) is 0 Å². The molecule has 4 atom stereocenters. The van der Waals surface area contributed by atoms with Gasteiger partial charge in [0.2, 0.25) is 0 Å². The molecule has 1 fully saturated rings. The number of nitrogens with zero attached hydrogens (tertiary/aromatic N) is 4. The van der Waals surface area contributed by atoms with Gasteiger partial charge in [0.25, 0.3) is 0 Å². The minimum absolute atomic E-state index is 0.154. The topological polar surface area (TPSA) is 225 Å². The van der Waals surface area contributed by atoms with Crippen LogP contribution in [0.5, 0.6) is 0 Å². The zero-order valence-electron chi connectivity index (χ0n) is 51.2. The average molecular weight is 1180 g/mol. The quantitative estimate of drug-likeness (QED) is 0.0194. The Labute approximate surface area is 492 Å². The summed E-state index contributed by atoms with van der Waals surface area (Å²) in [6, 6.07) is 0. The second kappa shape index (κ2) is 49.0. The van der Waals surface area contributed by atoms with Gasteiger partial charge in [0.1, 0.15) is 6.61 Å². The lowest BCUT2D eigenvalue weighted by atomic mass is 10.1. The average Bonchev–Trinajstić information content (AvgIpc) is 3.37. The molecule has 0 saturated carbocycles. The third kappa shape index (κ3) is 47.1. The Morgan fingerprint density at radius 2 is 0.725 bits per heavy atom. The Morgan fingerprint density at radius 1 is 0.400 bits per heavy atom. The Hall–Kier alpha value is -2.27. The summed E-state index contributed by atoms with van der Waals surface area (Å²) >= 11 is 0. The van der Waals surface area contributed by atoms with Crippen LogP contribution in [-0.2, 0) is 47.7 Å². The van der Waals surface area contributed by atoms with Gasteiger partial charge in [0.05, 0.1) is 49.8 Å². The van der Waals surface area contributed by atoms with Crippen LogP contribution in [0.2, 0.25) is 0 Å². The zero-order chi connectivity index (χ0) is 59.3. The number of unbranched alkanes of at least 4 members (excludes halogenated alkanes) is 5. The maximum atomic E-state index is 12.7. The molecule has 0 aromatic rings. The van der Waals surface area contributed by atoms with Gasteiger partial charge in [-0.25, -0.2) is 0 Å². The molecule has 1 aliphatic rings. The van der Waals surface area contributed by atoms with Crippen LogP contribution in [0.4, 0.5) is 0 Å². The predicted octanol–water partition coefficient (Wildman–Crippen LogP) is 8.46. The fraction of sp³-hybridized carbons (Fsp3) is 0.917. The monoisotopic (exact) mass is 1180 g/mol. The van der Waals surface area contributed by atoms with E-state index in [4.69, 9.17) is 23.7 Å². The molecule has 0 aromatic carbocycles. The first kappa shape index (κ1) is 75.7. The molecular formula is C60H114N4O14S2. The lowest BCUT2D eigenvalue weighted by molar-refractivity contribution is -0.148. The Morgan fingerprint density at radius 3 is 1.10 bits per heavy atom. The Kier molecular flexibility index (Phi) is 46.4. The molecular weight excluding hydrogens is 1060 g/mol. The molecule has 20 heteroatoms. The number of rotatable bonds is 52. The predicted molar refractivity (Wildman–Crippen MR) is 321 cm³/mol. The van der Waals surface area contributed by atoms with Crippen LogP contribution in [0.25, 0.3) is 0 Å². The van der Waals surface area contributed by atoms with Crippen LogP contribution < -0.4 is 0 Å². The molecule has 470 valence electrons. The molecule has 80 heavy (non-hydrogen) atoms. The molecule has 0 bridgehead atoms. The van der Waals surface area contributed by atoms with E-state index in [2.05, 4.69) is 42.4 Å². The highest BCUT2D eigenvalue weighted by molar-refractivity contribution is 8.76. The standard InChI is InChI=1S/C60H114N4O14S2/c1-48(2)29-39-74-56(69)24-13-9-20-54(67)46-64(47-55(68)21-10-14-25-57(70)75-40-30-49(3)4)32-19-42-79-80-43-38-62-35-33-61(34-36-62)37-41-76-58(71)26-17-18-31-63(44-52(65)22-11-15-27-59(72)77-50(5)6)45-53(66)23-12-16-28-60(73)78-51(7)8/h48-55,65-68H,9-47H2,1-8H3. The summed E-state index contributed by atoms with van der Waals surface area (Å²) in [4.78, 5) is 69.8. The van der Waals surface area contributed by atoms with Gasteiger partial charge in [0.15, 0.2) is 0 Å². The third-order valence-corrected chi connectivity index (χ3v) is 16.2. The van der Waals surface area contributed by atoms with E-state index in [0.29, 0.717) is 180 Å². The van der Waals surface area contributed by atoms with Crippen molar-refractivity contribution in [1.29, 1.82) is 0 Å². The Bertz CT molecular complexity index is 1500. The normalized spacial score (nSPS) is 15.0. The van der Waals surface area contributed by atoms with E-state index in [9.17, 15) is 44.4 Å². The van der Waals surface area contributed by atoms with Crippen LogP contribution in [-0.4, -0.2) is 216 Å². The van der Waals surface area contributed by atoms with Crippen LogP contribution >= 0.6 is 21.6 Å². The molecule has 4 unspecified atom stereocenters. The van der Waals surface area contributed by atoms with Gasteiger partial charge >= 0.3 is 29.8 Å². The number of hydrogen-bond donors (Lipinski definition) is 4. The van der Waals surface area contributed by atoms with E-state index in [1.54, 1.807) is 0 Å². The first-order valence-corrected chi connectivity index (χ1v) is 33.4. The summed E-state index contributed by atoms with van der Waals surface area (Å²) in [6.07, 6.45) is 10.5. The fourth-order valence-corrected chi connectivity index (χ4v) is 11.2. The molecule has 0 aliphatic carbocycles. The van der Waals surface area contributed by atoms with Crippen molar-refractivity contribution in [1.82, 2.24) is 19.6 Å². The van der Waals surface area contributed by atoms with E-state index in [-0.39, 0.29) is 42.1 Å². The van der Waals surface area contributed by atoms with Crippen molar-refractivity contribution in [3.8, 4) is 0 Å². The van der Waals surface area contributed by atoms with Gasteiger partial charge in [0, 0.05) is 109 Å². The third-order valence-electron chi connectivity index (χ3n) is 13.7. The van der Waals surface area contributed by atoms with Gasteiger partial charge < -0.3 is 44.1 Å². The molecule has 0 aromatic heterocycles. The summed E-state index contributed by atoms with van der Waals surface area (Å²) in [7, 11) is 3.73. The number of carbonyl (C=O) groups excluding carboxylic acids is 5. The van der Waals surface area contributed by atoms with E-state index < -0.39 is 24.4 Å². The number of esters is 5. The second-order valence-electron chi connectivity index (χ2n) is 23.4. The van der Waals surface area contributed by atoms with Crippen molar-refractivity contribution in [2.75, 3.05) is 110 Å². The van der Waals surface area contributed by atoms with Crippen molar-refractivity contribution >= 4 is 51.4 Å². The lowest BCUT2D eigenvalue weighted by Gasteiger charge is -2.34. The van der Waals surface area contributed by atoms with Gasteiger partial charge in [-0.05, 0) is 136 Å². The highest BCUT2D eigenvalue weighted by atomic mass is 33.1. The summed E-state index contributed by atoms with van der Waals surface area (Å²) in [5.41, 5.74) is 0. The van der Waals surface area contributed by atoms with Crippen LogP contribution in [0.3, 0.4) is 0 Å². The minimum Gasteiger partial charge on any atom is -0.466 e. The maximum absolute atomic E-state index is 12.7. The van der Waals surface area contributed by atoms with Gasteiger partial charge in [-0.3, -0.25) is 43.6 Å². The molecule has 1 aliphatic heterocycles. The molecule has 1 rings (SSSR count). The largest absolute Gasteiger partial charge is 0.466 e. The molecule has 4 N–H and O–H groups in total. The van der Waals surface area contributed by atoms with Gasteiger partial charge in [-0.1, -0.05) is 75.0 Å². The SMILES string of the molecule is CC(C)CCOC(=O)CCCCC(O)CN(CCCSSCCN1CCN(CCOC(=O)CCCCN(CC(O)CCCCC(=O)OC(C)C)CC(O)CCCCC(=O)OC(C)C)CC1)CC(O)CCCCC(=O)OCCC(C)C. The molecule has 18 nitrogen and oxygen atoms in total. The van der Waals surface area contributed by atoms with Crippen molar-refractivity contribution in [2.45, 2.75) is 233 Å². The highest BCUT2D eigenvalue weighted by Gasteiger charge is 2.21. The van der Waals surface area contributed by atoms with Crippen LogP contribution in [0, 0.1) is 11.8 Å². The van der Waals surface area contributed by atoms with Crippen molar-refractivity contribution < 1.29 is 68.1 Å². The minimum atomic E-state index is -0.625.